The Kier molecular flexibility index (Phi) is 4.14. The maximum absolute atomic E-state index is 13.8. The van der Waals surface area contributed by atoms with Crippen LogP contribution in [-0.2, 0) is 4.74 Å². The predicted octanol–water partition coefficient (Wildman–Crippen LogP) is 4.43. The number of hydrogen-bond acceptors (Lipinski definition) is 2. The van der Waals surface area contributed by atoms with E-state index >= 15 is 0 Å². The molecule has 7 heteroatoms. The van der Waals surface area contributed by atoms with Crippen LogP contribution in [0.5, 0.6) is 5.75 Å². The normalized spacial score (nSPS) is 32.3. The van der Waals surface area contributed by atoms with E-state index < -0.39 is 41.4 Å². The quantitative estimate of drug-likeness (QED) is 0.749. The second-order valence-electron chi connectivity index (χ2n) is 5.73. The zero-order valence-corrected chi connectivity index (χ0v) is 12.6. The molecule has 0 amide bonds. The summed E-state index contributed by atoms with van der Waals surface area (Å²) in [6.07, 6.45) is -5.39. The van der Waals surface area contributed by atoms with E-state index in [1.165, 1.54) is 19.9 Å². The minimum atomic E-state index is -4.57. The molecule has 0 bridgehead atoms. The van der Waals surface area contributed by atoms with Crippen LogP contribution in [0.1, 0.15) is 32.3 Å². The molecule has 0 saturated carbocycles. The summed E-state index contributed by atoms with van der Waals surface area (Å²) in [7, 11) is 1.15. The van der Waals surface area contributed by atoms with Gasteiger partial charge in [-0.3, -0.25) is 0 Å². The van der Waals surface area contributed by atoms with Crippen LogP contribution in [0.25, 0.3) is 0 Å². The van der Waals surface area contributed by atoms with Crippen LogP contribution in [0.2, 0.25) is 0 Å². The van der Waals surface area contributed by atoms with Gasteiger partial charge < -0.3 is 9.47 Å². The highest BCUT2D eigenvalue weighted by molar-refractivity contribution is 5.40. The van der Waals surface area contributed by atoms with E-state index in [9.17, 15) is 22.0 Å². The first-order valence-electron chi connectivity index (χ1n) is 6.81. The monoisotopic (exact) mass is 324 g/mol. The largest absolute Gasteiger partial charge is 0.493 e. The maximum Gasteiger partial charge on any atom is 0.417 e. The van der Waals surface area contributed by atoms with Crippen LogP contribution in [0.3, 0.4) is 0 Å². The van der Waals surface area contributed by atoms with Crippen LogP contribution in [0.15, 0.2) is 12.1 Å². The van der Waals surface area contributed by atoms with E-state index in [2.05, 4.69) is 0 Å². The number of halogens is 5. The summed E-state index contributed by atoms with van der Waals surface area (Å²) in [5, 5.41) is 0. The van der Waals surface area contributed by atoms with Crippen LogP contribution >= 0.6 is 0 Å². The average Bonchev–Trinajstić information content (AvgIpc) is 2.64. The first-order valence-corrected chi connectivity index (χ1v) is 6.81. The lowest BCUT2D eigenvalue weighted by molar-refractivity contribution is -0.273. The number of alkyl halides is 3. The lowest BCUT2D eigenvalue weighted by atomic mass is 9.77. The molecule has 1 aromatic rings. The Balaban J connectivity index is 2.53. The summed E-state index contributed by atoms with van der Waals surface area (Å²) < 4.78 is 77.0. The first-order chi connectivity index (χ1) is 10.0. The molecule has 0 radical (unpaired) electrons. The molecule has 2 nitrogen and oxygen atoms in total. The van der Waals surface area contributed by atoms with Crippen LogP contribution < -0.4 is 4.74 Å². The molecule has 1 aromatic carbocycles. The number of hydrogen-bond donors (Lipinski definition) is 0. The smallest absolute Gasteiger partial charge is 0.417 e. The third kappa shape index (κ3) is 2.35. The third-order valence-electron chi connectivity index (χ3n) is 4.55. The molecule has 1 aliphatic heterocycles. The second kappa shape index (κ2) is 5.37. The number of benzene rings is 1. The van der Waals surface area contributed by atoms with Crippen molar-refractivity contribution < 1.29 is 31.4 Å². The van der Waals surface area contributed by atoms with Gasteiger partial charge >= 0.3 is 6.18 Å². The van der Waals surface area contributed by atoms with Crippen LogP contribution in [0, 0.1) is 17.6 Å². The Morgan fingerprint density at radius 1 is 1.18 bits per heavy atom. The van der Waals surface area contributed by atoms with Gasteiger partial charge in [-0.05, 0) is 19.9 Å². The van der Waals surface area contributed by atoms with Gasteiger partial charge in [0.1, 0.15) is 0 Å². The highest BCUT2D eigenvalue weighted by Gasteiger charge is 2.63. The van der Waals surface area contributed by atoms with Gasteiger partial charge in [0.2, 0.25) is 5.82 Å². The fourth-order valence-corrected chi connectivity index (χ4v) is 3.18. The van der Waals surface area contributed by atoms with Gasteiger partial charge in [-0.15, -0.1) is 0 Å². The van der Waals surface area contributed by atoms with E-state index in [1.807, 2.05) is 0 Å². The Hall–Kier alpha value is -1.37. The van der Waals surface area contributed by atoms with Crippen LogP contribution in [0.4, 0.5) is 22.0 Å². The fourth-order valence-electron chi connectivity index (χ4n) is 3.18. The van der Waals surface area contributed by atoms with Crippen molar-refractivity contribution in [2.24, 2.45) is 5.92 Å². The van der Waals surface area contributed by atoms with Crippen molar-refractivity contribution >= 4 is 0 Å². The molecule has 1 heterocycles. The summed E-state index contributed by atoms with van der Waals surface area (Å²) >= 11 is 0. The molecule has 1 aliphatic rings. The Morgan fingerprint density at radius 2 is 1.77 bits per heavy atom. The molecule has 2 unspecified atom stereocenters. The molecular formula is C15H17F5O2. The first kappa shape index (κ1) is 17.0. The van der Waals surface area contributed by atoms with E-state index in [0.717, 1.165) is 20.1 Å². The number of methoxy groups -OCH3 is 1. The van der Waals surface area contributed by atoms with Crippen molar-refractivity contribution in [2.45, 2.75) is 44.6 Å². The molecule has 1 fully saturated rings. The molecule has 124 valence electrons. The lowest BCUT2D eigenvalue weighted by Gasteiger charge is -2.32. The summed E-state index contributed by atoms with van der Waals surface area (Å²) in [4.78, 5) is 0. The summed E-state index contributed by atoms with van der Waals surface area (Å²) in [6, 6.07) is 2.14. The lowest BCUT2D eigenvalue weighted by Crippen LogP contribution is -2.46. The highest BCUT2D eigenvalue weighted by atomic mass is 19.4. The van der Waals surface area contributed by atoms with Crippen molar-refractivity contribution in [3.8, 4) is 5.75 Å². The van der Waals surface area contributed by atoms with E-state index in [1.54, 1.807) is 0 Å². The second-order valence-corrected chi connectivity index (χ2v) is 5.73. The minimum Gasteiger partial charge on any atom is -0.493 e. The molecule has 22 heavy (non-hydrogen) atoms. The zero-order valence-electron chi connectivity index (χ0n) is 12.6. The van der Waals surface area contributed by atoms with E-state index in [4.69, 9.17) is 9.47 Å². The van der Waals surface area contributed by atoms with Gasteiger partial charge in [0, 0.05) is 17.4 Å². The van der Waals surface area contributed by atoms with Crippen molar-refractivity contribution in [1.29, 1.82) is 0 Å². The maximum atomic E-state index is 13.8. The van der Waals surface area contributed by atoms with Gasteiger partial charge in [0.15, 0.2) is 17.2 Å². The Labute approximate surface area is 125 Å². The Bertz CT molecular complexity index is 572. The molecule has 0 aromatic heterocycles. The average molecular weight is 324 g/mol. The van der Waals surface area contributed by atoms with Crippen molar-refractivity contribution in [3.63, 3.8) is 0 Å². The summed E-state index contributed by atoms with van der Waals surface area (Å²) in [6.45, 7) is 3.85. The third-order valence-corrected chi connectivity index (χ3v) is 4.55. The molecular weight excluding hydrogens is 307 g/mol. The topological polar surface area (TPSA) is 18.5 Å². The van der Waals surface area contributed by atoms with Crippen molar-refractivity contribution in [1.82, 2.24) is 0 Å². The van der Waals surface area contributed by atoms with Gasteiger partial charge in [0.05, 0.1) is 13.2 Å². The van der Waals surface area contributed by atoms with Gasteiger partial charge in [0.25, 0.3) is 0 Å². The zero-order chi connectivity index (χ0) is 16.9. The van der Waals surface area contributed by atoms with Crippen molar-refractivity contribution in [3.05, 3.63) is 29.3 Å². The van der Waals surface area contributed by atoms with E-state index in [-0.39, 0.29) is 11.3 Å². The van der Waals surface area contributed by atoms with Gasteiger partial charge in [-0.25, -0.2) is 4.39 Å². The highest BCUT2D eigenvalue weighted by Crippen LogP contribution is 2.54. The van der Waals surface area contributed by atoms with Crippen molar-refractivity contribution in [2.75, 3.05) is 7.11 Å². The Morgan fingerprint density at radius 3 is 2.23 bits per heavy atom. The number of ether oxygens (including phenoxy) is 2. The molecule has 0 aliphatic carbocycles. The molecule has 2 rings (SSSR count). The molecule has 0 spiro atoms. The molecule has 1 saturated heterocycles. The summed E-state index contributed by atoms with van der Waals surface area (Å²) in [5.41, 5.74) is -2.18. The van der Waals surface area contributed by atoms with Gasteiger partial charge in [-0.2, -0.15) is 17.6 Å². The van der Waals surface area contributed by atoms with E-state index in [0.29, 0.717) is 0 Å². The SMILES string of the molecule is COc1c(C2C(C)[C@](C)(C(F)(F)F)O[C@H]2C)ccc(F)c1F. The van der Waals surface area contributed by atoms with Gasteiger partial charge in [-0.1, -0.05) is 13.0 Å². The minimum absolute atomic E-state index is 0.175. The molecule has 4 atom stereocenters. The standard InChI is InChI=1S/C15H17F5O2/c1-7-11(8(2)22-14(7,3)15(18,19)20)9-5-6-10(16)12(17)13(9)21-4/h5-8,11H,1-4H3/t7?,8-,11?,14+/m0/s1. The van der Waals surface area contributed by atoms with Crippen LogP contribution in [-0.4, -0.2) is 25.0 Å². The predicted molar refractivity (Wildman–Crippen MR) is 69.8 cm³/mol. The number of rotatable bonds is 2. The molecule has 0 N–H and O–H groups in total. The fraction of sp³-hybridized carbons (Fsp3) is 0.600. The summed E-state index contributed by atoms with van der Waals surface area (Å²) in [5.74, 6) is -4.45.